The van der Waals surface area contributed by atoms with Crippen LogP contribution in [0.4, 0.5) is 0 Å². The molecule has 3 aliphatic rings. The average Bonchev–Trinajstić information content (AvgIpc) is 3.29. The Morgan fingerprint density at radius 3 is 2.71 bits per heavy atom. The third kappa shape index (κ3) is 3.63. The lowest BCUT2D eigenvalue weighted by Crippen LogP contribution is -2.51. The molecule has 0 N–H and O–H groups in total. The van der Waals surface area contributed by atoms with Crippen LogP contribution in [0.25, 0.3) is 0 Å². The number of aromatic nitrogens is 2. The molecule has 6 heteroatoms. The number of aryl methyl sites for hydroxylation is 1. The van der Waals surface area contributed by atoms with Gasteiger partial charge in [0.25, 0.3) is 0 Å². The molecule has 24 heavy (non-hydrogen) atoms. The van der Waals surface area contributed by atoms with E-state index in [1.54, 1.807) is 0 Å². The van der Waals surface area contributed by atoms with Gasteiger partial charge in [-0.25, -0.2) is 0 Å². The summed E-state index contributed by atoms with van der Waals surface area (Å²) in [6, 6.07) is 0. The van der Waals surface area contributed by atoms with Gasteiger partial charge in [-0.1, -0.05) is 5.16 Å². The summed E-state index contributed by atoms with van der Waals surface area (Å²) in [4.78, 5) is 18.7. The molecule has 2 saturated heterocycles. The predicted octanol–water partition coefficient (Wildman–Crippen LogP) is 2.51. The topological polar surface area (TPSA) is 68.5 Å². The van der Waals surface area contributed by atoms with E-state index in [0.29, 0.717) is 23.6 Å². The minimum absolute atomic E-state index is 0.0436. The molecule has 1 aromatic heterocycles. The van der Waals surface area contributed by atoms with E-state index in [1.807, 2.05) is 6.92 Å². The number of carbonyl (C=O) groups is 1. The van der Waals surface area contributed by atoms with Crippen molar-refractivity contribution < 1.29 is 14.1 Å². The lowest BCUT2D eigenvalue weighted by molar-refractivity contribution is -0.147. The zero-order valence-electron chi connectivity index (χ0n) is 14.5. The summed E-state index contributed by atoms with van der Waals surface area (Å²) in [6.45, 7) is 4.33. The molecule has 1 atom stereocenters. The van der Waals surface area contributed by atoms with Gasteiger partial charge in [-0.2, -0.15) is 4.98 Å². The quantitative estimate of drug-likeness (QED) is 0.847. The molecule has 3 heterocycles. The molecule has 4 rings (SSSR count). The summed E-state index contributed by atoms with van der Waals surface area (Å²) in [5.41, 5.74) is -0.0436. The number of hydrogen-bond acceptors (Lipinski definition) is 5. The molecular formula is C18H27N3O3. The number of ether oxygens (including phenoxy) is 1. The Morgan fingerprint density at radius 1 is 1.25 bits per heavy atom. The maximum atomic E-state index is 12.3. The van der Waals surface area contributed by atoms with Crippen molar-refractivity contribution >= 4 is 5.91 Å². The Balaban J connectivity index is 1.31. The Hall–Kier alpha value is -1.43. The fraction of sp³-hybridized carbons (Fsp3) is 0.833. The highest BCUT2D eigenvalue weighted by Crippen LogP contribution is 2.39. The first-order valence-electron chi connectivity index (χ1n) is 9.33. The van der Waals surface area contributed by atoms with E-state index in [9.17, 15) is 4.79 Å². The third-order valence-electron chi connectivity index (χ3n) is 5.82. The molecular weight excluding hydrogens is 306 g/mol. The second-order valence-electron chi connectivity index (χ2n) is 7.85. The molecule has 0 radical (unpaired) electrons. The van der Waals surface area contributed by atoms with Crippen LogP contribution in [0.3, 0.4) is 0 Å². The second kappa shape index (κ2) is 6.47. The maximum absolute atomic E-state index is 12.3. The van der Waals surface area contributed by atoms with Crippen LogP contribution in [-0.2, 0) is 16.0 Å². The van der Waals surface area contributed by atoms with Crippen molar-refractivity contribution in [1.29, 1.82) is 0 Å². The van der Waals surface area contributed by atoms with Crippen molar-refractivity contribution in [2.45, 2.75) is 63.9 Å². The van der Waals surface area contributed by atoms with Gasteiger partial charge < -0.3 is 14.2 Å². The smallest absolute Gasteiger partial charge is 0.223 e. The van der Waals surface area contributed by atoms with Crippen LogP contribution in [0, 0.1) is 18.8 Å². The number of hydrogen-bond donors (Lipinski definition) is 0. The van der Waals surface area contributed by atoms with Gasteiger partial charge >= 0.3 is 0 Å². The number of nitrogens with zero attached hydrogens (tertiary/aromatic N) is 3. The summed E-state index contributed by atoms with van der Waals surface area (Å²) < 4.78 is 11.3. The zero-order chi connectivity index (χ0) is 16.6. The standard InChI is InChI=1S/C18H27N3O3/c1-13-19-16(20-24-13)10-15-4-9-23-18(12-15)5-7-21(8-6-18)17(22)11-14-2-3-14/h14-15H,2-12H2,1H3. The summed E-state index contributed by atoms with van der Waals surface area (Å²) in [6.07, 6.45) is 8.13. The van der Waals surface area contributed by atoms with Crippen molar-refractivity contribution in [2.24, 2.45) is 11.8 Å². The Labute approximate surface area is 142 Å². The van der Waals surface area contributed by atoms with Gasteiger partial charge in [-0.3, -0.25) is 4.79 Å². The molecule has 6 nitrogen and oxygen atoms in total. The average molecular weight is 333 g/mol. The second-order valence-corrected chi connectivity index (χ2v) is 7.85. The monoisotopic (exact) mass is 333 g/mol. The summed E-state index contributed by atoms with van der Waals surface area (Å²) in [5, 5.41) is 4.03. The number of likely N-dealkylation sites (tertiary alicyclic amines) is 1. The highest BCUT2D eigenvalue weighted by atomic mass is 16.5. The molecule has 3 fully saturated rings. The number of piperidine rings is 1. The van der Waals surface area contributed by atoms with Crippen molar-refractivity contribution in [2.75, 3.05) is 19.7 Å². The van der Waals surface area contributed by atoms with Gasteiger partial charge in [0, 0.05) is 39.5 Å². The molecule has 1 unspecified atom stereocenters. The predicted molar refractivity (Wildman–Crippen MR) is 87.3 cm³/mol. The fourth-order valence-corrected chi connectivity index (χ4v) is 4.20. The van der Waals surface area contributed by atoms with Crippen LogP contribution in [0.1, 0.15) is 56.7 Å². The highest BCUT2D eigenvalue weighted by molar-refractivity contribution is 5.76. The first kappa shape index (κ1) is 16.1. The van der Waals surface area contributed by atoms with Gasteiger partial charge in [0.05, 0.1) is 5.60 Å². The first-order chi connectivity index (χ1) is 11.6. The number of amides is 1. The minimum Gasteiger partial charge on any atom is -0.375 e. The van der Waals surface area contributed by atoms with Gasteiger partial charge in [0.1, 0.15) is 0 Å². The summed E-state index contributed by atoms with van der Waals surface area (Å²) in [5.74, 6) is 3.01. The molecule has 2 aliphatic heterocycles. The summed E-state index contributed by atoms with van der Waals surface area (Å²) in [7, 11) is 0. The van der Waals surface area contributed by atoms with Crippen molar-refractivity contribution in [3.05, 3.63) is 11.7 Å². The highest BCUT2D eigenvalue weighted by Gasteiger charge is 2.41. The lowest BCUT2D eigenvalue weighted by Gasteiger charge is -2.46. The van der Waals surface area contributed by atoms with Gasteiger partial charge in [-0.15, -0.1) is 0 Å². The van der Waals surface area contributed by atoms with E-state index in [1.165, 1.54) is 12.8 Å². The minimum atomic E-state index is -0.0436. The van der Waals surface area contributed by atoms with Crippen LogP contribution in [-0.4, -0.2) is 46.2 Å². The van der Waals surface area contributed by atoms with Gasteiger partial charge in [-0.05, 0) is 50.4 Å². The molecule has 1 amide bonds. The Morgan fingerprint density at radius 2 is 2.04 bits per heavy atom. The van der Waals surface area contributed by atoms with Crippen LogP contribution < -0.4 is 0 Å². The molecule has 1 saturated carbocycles. The summed E-state index contributed by atoms with van der Waals surface area (Å²) >= 11 is 0. The number of carbonyl (C=O) groups excluding carboxylic acids is 1. The lowest BCUT2D eigenvalue weighted by atomic mass is 9.78. The van der Waals surface area contributed by atoms with Crippen LogP contribution >= 0.6 is 0 Å². The van der Waals surface area contributed by atoms with Crippen LogP contribution in [0.2, 0.25) is 0 Å². The Bertz CT molecular complexity index is 588. The van der Waals surface area contributed by atoms with E-state index in [0.717, 1.165) is 64.0 Å². The first-order valence-corrected chi connectivity index (χ1v) is 9.33. The molecule has 1 aliphatic carbocycles. The molecule has 1 spiro atoms. The normalized spacial score (nSPS) is 26.7. The third-order valence-corrected chi connectivity index (χ3v) is 5.82. The largest absolute Gasteiger partial charge is 0.375 e. The van der Waals surface area contributed by atoms with E-state index >= 15 is 0 Å². The molecule has 0 bridgehead atoms. The fourth-order valence-electron chi connectivity index (χ4n) is 4.20. The molecule has 132 valence electrons. The van der Waals surface area contributed by atoms with Gasteiger partial charge in [0.15, 0.2) is 5.82 Å². The van der Waals surface area contributed by atoms with E-state index in [-0.39, 0.29) is 5.60 Å². The van der Waals surface area contributed by atoms with Crippen LogP contribution in [0.5, 0.6) is 0 Å². The van der Waals surface area contributed by atoms with Crippen LogP contribution in [0.15, 0.2) is 4.52 Å². The molecule has 1 aromatic rings. The van der Waals surface area contributed by atoms with Crippen molar-refractivity contribution in [3.8, 4) is 0 Å². The number of rotatable bonds is 4. The maximum Gasteiger partial charge on any atom is 0.223 e. The van der Waals surface area contributed by atoms with Gasteiger partial charge in [0.2, 0.25) is 11.8 Å². The Kier molecular flexibility index (Phi) is 4.33. The SMILES string of the molecule is Cc1nc(CC2CCOC3(CCN(C(=O)CC4CC4)CC3)C2)no1. The van der Waals surface area contributed by atoms with E-state index in [2.05, 4.69) is 15.0 Å². The van der Waals surface area contributed by atoms with Crippen molar-refractivity contribution in [3.63, 3.8) is 0 Å². The van der Waals surface area contributed by atoms with E-state index < -0.39 is 0 Å². The molecule has 0 aromatic carbocycles. The zero-order valence-corrected chi connectivity index (χ0v) is 14.5. The van der Waals surface area contributed by atoms with Crippen molar-refractivity contribution in [1.82, 2.24) is 15.0 Å². The van der Waals surface area contributed by atoms with E-state index in [4.69, 9.17) is 9.26 Å².